The summed E-state index contributed by atoms with van der Waals surface area (Å²) in [6.07, 6.45) is 9.37. The molecule has 0 radical (unpaired) electrons. The Balaban J connectivity index is 1.79. The number of primary sulfonamides is 1. The van der Waals surface area contributed by atoms with Gasteiger partial charge in [-0.3, -0.25) is 0 Å². The van der Waals surface area contributed by atoms with Crippen LogP contribution in [0.15, 0.2) is 65.6 Å². The topological polar surface area (TPSA) is 80.4 Å². The molecule has 0 atom stereocenters. The minimum absolute atomic E-state index is 0.0845. The minimum Gasteiger partial charge on any atom is -0.508 e. The van der Waals surface area contributed by atoms with Crippen LogP contribution in [0.5, 0.6) is 5.75 Å². The van der Waals surface area contributed by atoms with Gasteiger partial charge in [0.25, 0.3) is 0 Å². The Morgan fingerprint density at radius 1 is 0.808 bits per heavy atom. The van der Waals surface area contributed by atoms with Crippen LogP contribution in [-0.4, -0.2) is 13.5 Å². The van der Waals surface area contributed by atoms with E-state index >= 15 is 0 Å². The molecule has 1 fully saturated rings. The Hall–Kier alpha value is -2.37. The van der Waals surface area contributed by atoms with Gasteiger partial charge in [0, 0.05) is 5.41 Å². The first-order valence-electron chi connectivity index (χ1n) is 8.75. The zero-order valence-corrected chi connectivity index (χ0v) is 15.2. The number of aromatic hydroxyl groups is 1. The Morgan fingerprint density at radius 2 is 1.27 bits per heavy atom. The third kappa shape index (κ3) is 3.08. The third-order valence-corrected chi connectivity index (χ3v) is 6.29. The highest BCUT2D eigenvalue weighted by Crippen LogP contribution is 2.52. The molecule has 5 heteroatoms. The lowest BCUT2D eigenvalue weighted by atomic mass is 9.88. The van der Waals surface area contributed by atoms with Crippen molar-refractivity contribution in [1.29, 1.82) is 0 Å². The third-order valence-electron chi connectivity index (χ3n) is 5.36. The van der Waals surface area contributed by atoms with Gasteiger partial charge in [-0.2, -0.15) is 0 Å². The van der Waals surface area contributed by atoms with Crippen molar-refractivity contribution >= 4 is 21.2 Å². The molecule has 4 rings (SSSR count). The lowest BCUT2D eigenvalue weighted by Crippen LogP contribution is -2.11. The molecule has 0 amide bonds. The van der Waals surface area contributed by atoms with Crippen LogP contribution in [0, 0.1) is 5.41 Å². The van der Waals surface area contributed by atoms with Crippen LogP contribution < -0.4 is 5.14 Å². The van der Waals surface area contributed by atoms with Gasteiger partial charge < -0.3 is 5.11 Å². The summed E-state index contributed by atoms with van der Waals surface area (Å²) in [5.41, 5.74) is 4.35. The zero-order chi connectivity index (χ0) is 18.4. The molecule has 2 aromatic carbocycles. The number of nitrogens with two attached hydrogens (primary N) is 1. The number of hydrogen-bond donors (Lipinski definition) is 2. The summed E-state index contributed by atoms with van der Waals surface area (Å²) in [4.78, 5) is 0.116. The summed E-state index contributed by atoms with van der Waals surface area (Å²) in [5.74, 6) is 0.242. The van der Waals surface area contributed by atoms with Crippen LogP contribution in [0.2, 0.25) is 0 Å². The van der Waals surface area contributed by atoms with E-state index in [1.165, 1.54) is 12.8 Å². The van der Waals surface area contributed by atoms with Crippen molar-refractivity contribution in [2.75, 3.05) is 0 Å². The number of hydrogen-bond acceptors (Lipinski definition) is 3. The van der Waals surface area contributed by atoms with E-state index in [1.54, 1.807) is 24.3 Å². The van der Waals surface area contributed by atoms with Crippen molar-refractivity contribution in [1.82, 2.24) is 0 Å². The average molecular weight is 367 g/mol. The molecular formula is C21H21NO3S. The first kappa shape index (κ1) is 17.1. The summed E-state index contributed by atoms with van der Waals surface area (Å²) in [6.45, 7) is 0. The predicted octanol–water partition coefficient (Wildman–Crippen LogP) is 4.08. The monoisotopic (exact) mass is 367 g/mol. The van der Waals surface area contributed by atoms with Crippen molar-refractivity contribution in [3.05, 3.63) is 71.8 Å². The molecule has 2 aromatic rings. The van der Waals surface area contributed by atoms with Crippen molar-refractivity contribution < 1.29 is 13.5 Å². The minimum atomic E-state index is -3.70. The summed E-state index contributed by atoms with van der Waals surface area (Å²) in [5, 5.41) is 14.8. The Bertz CT molecular complexity index is 994. The molecule has 0 unspecified atom stereocenters. The van der Waals surface area contributed by atoms with Gasteiger partial charge in [-0.15, -0.1) is 0 Å². The fraction of sp³-hybridized carbons (Fsp3) is 0.238. The number of benzene rings is 2. The van der Waals surface area contributed by atoms with Gasteiger partial charge in [0.15, 0.2) is 0 Å². The lowest BCUT2D eigenvalue weighted by Gasteiger charge is -2.16. The van der Waals surface area contributed by atoms with Gasteiger partial charge in [0.2, 0.25) is 10.0 Å². The van der Waals surface area contributed by atoms with E-state index in [9.17, 15) is 13.5 Å². The predicted molar refractivity (Wildman–Crippen MR) is 103 cm³/mol. The van der Waals surface area contributed by atoms with Gasteiger partial charge >= 0.3 is 0 Å². The molecule has 1 spiro atoms. The number of sulfonamides is 1. The molecule has 2 aliphatic carbocycles. The van der Waals surface area contributed by atoms with E-state index in [1.807, 2.05) is 24.3 Å². The summed E-state index contributed by atoms with van der Waals surface area (Å²) in [7, 11) is -3.70. The second kappa shape index (κ2) is 6.11. The molecule has 0 bridgehead atoms. The van der Waals surface area contributed by atoms with E-state index in [2.05, 4.69) is 12.2 Å². The van der Waals surface area contributed by atoms with Gasteiger partial charge in [0.05, 0.1) is 4.90 Å². The van der Waals surface area contributed by atoms with Crippen LogP contribution in [0.25, 0.3) is 11.1 Å². The maximum Gasteiger partial charge on any atom is 0.238 e. The highest BCUT2D eigenvalue weighted by atomic mass is 32.2. The molecule has 4 nitrogen and oxygen atoms in total. The maximum absolute atomic E-state index is 11.5. The summed E-state index contributed by atoms with van der Waals surface area (Å²) < 4.78 is 23.0. The first-order valence-corrected chi connectivity index (χ1v) is 10.3. The number of phenolic OH excluding ortho intramolecular Hbond substituents is 1. The first-order chi connectivity index (χ1) is 12.4. The van der Waals surface area contributed by atoms with Crippen molar-refractivity contribution in [3.63, 3.8) is 0 Å². The van der Waals surface area contributed by atoms with Gasteiger partial charge in [0.1, 0.15) is 5.75 Å². The van der Waals surface area contributed by atoms with E-state index in [-0.39, 0.29) is 16.1 Å². The van der Waals surface area contributed by atoms with E-state index < -0.39 is 10.0 Å². The van der Waals surface area contributed by atoms with Gasteiger partial charge in [-0.1, -0.05) is 49.3 Å². The highest BCUT2D eigenvalue weighted by Gasteiger charge is 2.35. The maximum atomic E-state index is 11.5. The van der Waals surface area contributed by atoms with Gasteiger partial charge in [-0.05, 0) is 59.4 Å². The lowest BCUT2D eigenvalue weighted by molar-refractivity contribution is 0.475. The molecule has 1 saturated carbocycles. The fourth-order valence-corrected chi connectivity index (χ4v) is 4.55. The van der Waals surface area contributed by atoms with Crippen molar-refractivity contribution in [2.24, 2.45) is 10.6 Å². The van der Waals surface area contributed by atoms with E-state index in [0.717, 1.165) is 35.1 Å². The Morgan fingerprint density at radius 3 is 1.73 bits per heavy atom. The normalized spacial score (nSPS) is 18.8. The molecular weight excluding hydrogens is 346 g/mol. The molecule has 26 heavy (non-hydrogen) atoms. The summed E-state index contributed by atoms with van der Waals surface area (Å²) in [6, 6.07) is 14.0. The summed E-state index contributed by atoms with van der Waals surface area (Å²) >= 11 is 0. The van der Waals surface area contributed by atoms with E-state index in [0.29, 0.717) is 0 Å². The van der Waals surface area contributed by atoms with Crippen LogP contribution in [0.1, 0.15) is 36.8 Å². The quantitative estimate of drug-likeness (QED) is 0.858. The zero-order valence-electron chi connectivity index (χ0n) is 14.4. The molecule has 0 aromatic heterocycles. The smallest absolute Gasteiger partial charge is 0.238 e. The molecule has 0 heterocycles. The molecule has 2 aliphatic rings. The van der Waals surface area contributed by atoms with Crippen LogP contribution >= 0.6 is 0 Å². The number of phenols is 1. The van der Waals surface area contributed by atoms with Crippen molar-refractivity contribution in [3.8, 4) is 5.75 Å². The Kier molecular flexibility index (Phi) is 4.01. The molecule has 3 N–H and O–H groups in total. The van der Waals surface area contributed by atoms with Crippen LogP contribution in [0.4, 0.5) is 0 Å². The SMILES string of the molecule is NS(=O)(=O)c1ccc(C2=CC3(C=C2c2ccc(O)cc2)CCCC3)cc1. The van der Waals surface area contributed by atoms with Gasteiger partial charge in [-0.25, -0.2) is 13.6 Å². The fourth-order valence-electron chi connectivity index (χ4n) is 4.04. The van der Waals surface area contributed by atoms with Crippen LogP contribution in [-0.2, 0) is 10.0 Å². The number of rotatable bonds is 3. The standard InChI is InChI=1S/C21H21NO3S/c22-26(24,25)18-9-5-16(6-10-18)20-14-21(11-1-2-12-21)13-19(20)15-3-7-17(23)8-4-15/h3-10,13-14,23H,1-2,11-12H2,(H2,22,24,25). The van der Waals surface area contributed by atoms with Crippen molar-refractivity contribution in [2.45, 2.75) is 30.6 Å². The second-order valence-electron chi connectivity index (χ2n) is 7.17. The largest absolute Gasteiger partial charge is 0.508 e. The number of allylic oxidation sites excluding steroid dienone is 4. The molecule has 134 valence electrons. The molecule has 0 saturated heterocycles. The molecule has 0 aliphatic heterocycles. The average Bonchev–Trinajstić information content (AvgIpc) is 3.22. The Labute approximate surface area is 153 Å². The second-order valence-corrected chi connectivity index (χ2v) is 8.73. The van der Waals surface area contributed by atoms with E-state index in [4.69, 9.17) is 5.14 Å². The highest BCUT2D eigenvalue weighted by molar-refractivity contribution is 7.89. The van der Waals surface area contributed by atoms with Crippen LogP contribution in [0.3, 0.4) is 0 Å².